The van der Waals surface area contributed by atoms with Crippen molar-refractivity contribution in [2.45, 2.75) is 20.0 Å². The number of benzene rings is 1. The highest BCUT2D eigenvalue weighted by Gasteiger charge is 2.27. The summed E-state index contributed by atoms with van der Waals surface area (Å²) in [7, 11) is 1.64. The Balaban J connectivity index is 1.45. The van der Waals surface area contributed by atoms with Crippen molar-refractivity contribution in [2.24, 2.45) is 0 Å². The van der Waals surface area contributed by atoms with Gasteiger partial charge in [0.1, 0.15) is 11.9 Å². The van der Waals surface area contributed by atoms with Gasteiger partial charge >= 0.3 is 0 Å². The molecule has 9 heteroatoms. The predicted molar refractivity (Wildman–Crippen MR) is 119 cm³/mol. The van der Waals surface area contributed by atoms with Gasteiger partial charge in [-0.15, -0.1) is 11.3 Å². The van der Waals surface area contributed by atoms with Gasteiger partial charge in [0.05, 0.1) is 37.3 Å². The molecule has 1 atom stereocenters. The molecule has 1 saturated heterocycles. The molecule has 0 bridgehead atoms. The third kappa shape index (κ3) is 5.07. The molecule has 1 aromatic carbocycles. The molecule has 1 N–H and O–H groups in total. The van der Waals surface area contributed by atoms with E-state index in [1.807, 2.05) is 38.1 Å². The molecule has 0 saturated carbocycles. The standard InChI is InChI=1S/C22H25N5O3S/c1-14-15(2)31-22(25-14)26-19(28)13-27-10-11-30-18(12-27)21-20(23-8-9-24-21)16-4-6-17(29-3)7-5-16/h4-9,18H,10-13H2,1-3H3,(H,25,26,28). The number of morpholine rings is 1. The minimum absolute atomic E-state index is 0.0797. The van der Waals surface area contributed by atoms with E-state index in [9.17, 15) is 4.79 Å². The van der Waals surface area contributed by atoms with E-state index in [-0.39, 0.29) is 18.6 Å². The lowest BCUT2D eigenvalue weighted by Gasteiger charge is -2.32. The average molecular weight is 440 g/mol. The van der Waals surface area contributed by atoms with Crippen molar-refractivity contribution in [3.63, 3.8) is 0 Å². The van der Waals surface area contributed by atoms with Crippen LogP contribution >= 0.6 is 11.3 Å². The maximum absolute atomic E-state index is 12.5. The third-order valence-electron chi connectivity index (χ3n) is 5.19. The van der Waals surface area contributed by atoms with Crippen molar-refractivity contribution in [3.05, 3.63) is 52.9 Å². The van der Waals surface area contributed by atoms with Crippen LogP contribution in [0.25, 0.3) is 11.3 Å². The lowest BCUT2D eigenvalue weighted by atomic mass is 10.1. The average Bonchev–Trinajstić information content (AvgIpc) is 3.10. The monoisotopic (exact) mass is 439 g/mol. The van der Waals surface area contributed by atoms with Gasteiger partial charge in [-0.2, -0.15) is 0 Å². The second kappa shape index (κ2) is 9.51. The van der Waals surface area contributed by atoms with Crippen molar-refractivity contribution < 1.29 is 14.3 Å². The van der Waals surface area contributed by atoms with Gasteiger partial charge in [0.25, 0.3) is 0 Å². The Hall–Kier alpha value is -2.88. The summed E-state index contributed by atoms with van der Waals surface area (Å²) in [6.07, 6.45) is 3.08. The Morgan fingerprint density at radius 3 is 2.74 bits per heavy atom. The quantitative estimate of drug-likeness (QED) is 0.631. The molecule has 3 heterocycles. The first-order chi connectivity index (χ1) is 15.0. The number of nitrogens with zero attached hydrogens (tertiary/aromatic N) is 4. The predicted octanol–water partition coefficient (Wildman–Crippen LogP) is 3.24. The summed E-state index contributed by atoms with van der Waals surface area (Å²) in [5.41, 5.74) is 3.43. The zero-order valence-electron chi connectivity index (χ0n) is 17.8. The second-order valence-corrected chi connectivity index (χ2v) is 8.53. The number of hydrogen-bond donors (Lipinski definition) is 1. The Morgan fingerprint density at radius 1 is 1.26 bits per heavy atom. The first kappa shape index (κ1) is 21.4. The van der Waals surface area contributed by atoms with Crippen LogP contribution in [-0.2, 0) is 9.53 Å². The number of amides is 1. The van der Waals surface area contributed by atoms with Gasteiger partial charge in [-0.3, -0.25) is 19.7 Å². The molecular weight excluding hydrogens is 414 g/mol. The number of rotatable bonds is 6. The van der Waals surface area contributed by atoms with Crippen LogP contribution in [0.1, 0.15) is 22.4 Å². The van der Waals surface area contributed by atoms with Crippen LogP contribution in [0.5, 0.6) is 5.75 Å². The highest BCUT2D eigenvalue weighted by Crippen LogP contribution is 2.30. The highest BCUT2D eigenvalue weighted by atomic mass is 32.1. The van der Waals surface area contributed by atoms with Crippen LogP contribution in [0.2, 0.25) is 0 Å². The van der Waals surface area contributed by atoms with Gasteiger partial charge in [0.15, 0.2) is 5.13 Å². The molecule has 1 unspecified atom stereocenters. The summed E-state index contributed by atoms with van der Waals surface area (Å²) in [6, 6.07) is 7.71. The van der Waals surface area contributed by atoms with Crippen molar-refractivity contribution >= 4 is 22.4 Å². The van der Waals surface area contributed by atoms with E-state index in [1.165, 1.54) is 11.3 Å². The molecule has 31 heavy (non-hydrogen) atoms. The fourth-order valence-corrected chi connectivity index (χ4v) is 4.29. The summed E-state index contributed by atoms with van der Waals surface area (Å²) in [6.45, 7) is 5.97. The van der Waals surface area contributed by atoms with Crippen LogP contribution in [0.4, 0.5) is 5.13 Å². The van der Waals surface area contributed by atoms with E-state index in [0.717, 1.165) is 33.3 Å². The summed E-state index contributed by atoms with van der Waals surface area (Å²) >= 11 is 1.49. The van der Waals surface area contributed by atoms with Crippen LogP contribution in [0.3, 0.4) is 0 Å². The van der Waals surface area contributed by atoms with Gasteiger partial charge in [0, 0.05) is 35.9 Å². The molecule has 1 fully saturated rings. The Bertz CT molecular complexity index is 1030. The van der Waals surface area contributed by atoms with Gasteiger partial charge in [-0.25, -0.2) is 4.98 Å². The van der Waals surface area contributed by atoms with E-state index in [0.29, 0.717) is 24.8 Å². The Kier molecular flexibility index (Phi) is 6.55. The summed E-state index contributed by atoms with van der Waals surface area (Å²) in [5, 5.41) is 3.54. The maximum Gasteiger partial charge on any atom is 0.240 e. The molecule has 4 rings (SSSR count). The Morgan fingerprint density at radius 2 is 2.03 bits per heavy atom. The Labute approximate surface area is 185 Å². The number of aryl methyl sites for hydroxylation is 2. The minimum Gasteiger partial charge on any atom is -0.497 e. The third-order valence-corrected chi connectivity index (χ3v) is 6.18. The minimum atomic E-state index is -0.267. The smallest absolute Gasteiger partial charge is 0.240 e. The summed E-state index contributed by atoms with van der Waals surface area (Å²) in [4.78, 5) is 29.2. The number of methoxy groups -OCH3 is 1. The molecule has 0 spiro atoms. The number of anilines is 1. The normalized spacial score (nSPS) is 16.8. The van der Waals surface area contributed by atoms with E-state index in [1.54, 1.807) is 19.5 Å². The van der Waals surface area contributed by atoms with Crippen molar-refractivity contribution in [1.29, 1.82) is 0 Å². The van der Waals surface area contributed by atoms with E-state index < -0.39 is 0 Å². The van der Waals surface area contributed by atoms with Gasteiger partial charge in [-0.05, 0) is 38.1 Å². The van der Waals surface area contributed by atoms with Crippen molar-refractivity contribution in [2.75, 3.05) is 38.7 Å². The van der Waals surface area contributed by atoms with Crippen molar-refractivity contribution in [3.8, 4) is 17.0 Å². The number of ether oxygens (including phenoxy) is 2. The van der Waals surface area contributed by atoms with Gasteiger partial charge < -0.3 is 14.8 Å². The highest BCUT2D eigenvalue weighted by molar-refractivity contribution is 7.15. The number of hydrogen-bond acceptors (Lipinski definition) is 8. The topological polar surface area (TPSA) is 89.5 Å². The first-order valence-electron chi connectivity index (χ1n) is 10.1. The first-order valence-corrected chi connectivity index (χ1v) is 10.9. The largest absolute Gasteiger partial charge is 0.497 e. The number of carbonyl (C=O) groups is 1. The van der Waals surface area contributed by atoms with Crippen LogP contribution in [0, 0.1) is 13.8 Å². The number of aromatic nitrogens is 3. The molecule has 1 amide bonds. The zero-order chi connectivity index (χ0) is 21.8. The second-order valence-electron chi connectivity index (χ2n) is 7.32. The molecule has 162 valence electrons. The lowest BCUT2D eigenvalue weighted by Crippen LogP contribution is -2.42. The zero-order valence-corrected chi connectivity index (χ0v) is 18.6. The molecule has 0 radical (unpaired) electrons. The number of carbonyl (C=O) groups excluding carboxylic acids is 1. The van der Waals surface area contributed by atoms with Crippen LogP contribution in [-0.4, -0.2) is 59.1 Å². The maximum atomic E-state index is 12.5. The molecule has 0 aliphatic carbocycles. The molecular formula is C22H25N5O3S. The van der Waals surface area contributed by atoms with Gasteiger partial charge in [-0.1, -0.05) is 0 Å². The molecule has 2 aromatic heterocycles. The SMILES string of the molecule is COc1ccc(-c2nccnc2C2CN(CC(=O)Nc3nc(C)c(C)s3)CCO2)cc1. The van der Waals surface area contributed by atoms with Gasteiger partial charge in [0.2, 0.25) is 5.91 Å². The molecule has 8 nitrogen and oxygen atoms in total. The molecule has 1 aliphatic heterocycles. The van der Waals surface area contributed by atoms with Crippen LogP contribution in [0.15, 0.2) is 36.7 Å². The van der Waals surface area contributed by atoms with E-state index in [2.05, 4.69) is 25.2 Å². The van der Waals surface area contributed by atoms with E-state index >= 15 is 0 Å². The lowest BCUT2D eigenvalue weighted by molar-refractivity contribution is -0.119. The summed E-state index contributed by atoms with van der Waals surface area (Å²) in [5.74, 6) is 0.704. The number of thiazole rings is 1. The summed E-state index contributed by atoms with van der Waals surface area (Å²) < 4.78 is 11.3. The molecule has 1 aliphatic rings. The molecule has 3 aromatic rings. The number of nitrogens with one attached hydrogen (secondary N) is 1. The fourth-order valence-electron chi connectivity index (χ4n) is 3.46. The van der Waals surface area contributed by atoms with Crippen molar-refractivity contribution in [1.82, 2.24) is 19.9 Å². The van der Waals surface area contributed by atoms with Crippen LogP contribution < -0.4 is 10.1 Å². The fraction of sp³-hybridized carbons (Fsp3) is 0.364. The van der Waals surface area contributed by atoms with E-state index in [4.69, 9.17) is 9.47 Å².